The van der Waals surface area contributed by atoms with E-state index in [-0.39, 0.29) is 0 Å². The van der Waals surface area contributed by atoms with Crippen molar-refractivity contribution in [1.29, 1.82) is 0 Å². The first-order valence-corrected chi connectivity index (χ1v) is 7.34. The molecule has 1 amide bonds. The summed E-state index contributed by atoms with van der Waals surface area (Å²) in [4.78, 5) is 57.4. The van der Waals surface area contributed by atoms with Gasteiger partial charge in [-0.3, -0.25) is 14.4 Å². The summed E-state index contributed by atoms with van der Waals surface area (Å²) < 4.78 is 14.1. The summed E-state index contributed by atoms with van der Waals surface area (Å²) >= 11 is 0. The Kier molecular flexibility index (Phi) is 8.58. The van der Waals surface area contributed by atoms with Crippen LogP contribution in [0.1, 0.15) is 40.5 Å². The zero-order valence-corrected chi connectivity index (χ0v) is 14.8. The molecule has 142 valence electrons. The molecule has 0 spiro atoms. The molecule has 2 N–H and O–H groups in total. The van der Waals surface area contributed by atoms with Crippen LogP contribution in [-0.2, 0) is 38.2 Å². The molecule has 0 bridgehead atoms. The highest BCUT2D eigenvalue weighted by atomic mass is 16.6. The van der Waals surface area contributed by atoms with Crippen molar-refractivity contribution < 1.29 is 43.3 Å². The van der Waals surface area contributed by atoms with E-state index in [2.05, 4.69) is 14.8 Å². The van der Waals surface area contributed by atoms with Gasteiger partial charge in [0.2, 0.25) is 12.0 Å². The number of esters is 3. The van der Waals surface area contributed by atoms with Crippen LogP contribution >= 0.6 is 0 Å². The minimum Gasteiger partial charge on any atom is -0.481 e. The van der Waals surface area contributed by atoms with E-state index in [1.165, 1.54) is 0 Å². The van der Waals surface area contributed by atoms with Gasteiger partial charge in [-0.1, -0.05) is 0 Å². The molecule has 0 aliphatic rings. The van der Waals surface area contributed by atoms with E-state index in [1.807, 2.05) is 0 Å². The van der Waals surface area contributed by atoms with Crippen molar-refractivity contribution in [2.24, 2.45) is 0 Å². The van der Waals surface area contributed by atoms with Gasteiger partial charge in [-0.25, -0.2) is 9.59 Å². The lowest BCUT2D eigenvalue weighted by Crippen LogP contribution is -2.47. The second kappa shape index (κ2) is 9.60. The minimum atomic E-state index is -1.51. The Morgan fingerprint density at radius 1 is 1.04 bits per heavy atom. The molecule has 2 atom stereocenters. The summed E-state index contributed by atoms with van der Waals surface area (Å²) in [6, 6.07) is -1.46. The largest absolute Gasteiger partial charge is 0.481 e. The summed E-state index contributed by atoms with van der Waals surface area (Å²) in [7, 11) is 1.05. The molecule has 0 fully saturated rings. The topological polar surface area (TPSA) is 145 Å². The smallest absolute Gasteiger partial charge is 0.347 e. The maximum atomic E-state index is 12.0. The normalized spacial score (nSPS) is 13.2. The molecule has 0 aromatic heterocycles. The van der Waals surface area contributed by atoms with Crippen molar-refractivity contribution in [2.45, 2.75) is 58.3 Å². The summed E-state index contributed by atoms with van der Waals surface area (Å²) in [6.45, 7) is 5.79. The molecule has 0 heterocycles. The number of nitrogens with one attached hydrogen (secondary N) is 1. The van der Waals surface area contributed by atoms with Gasteiger partial charge in [-0.2, -0.15) is 0 Å². The standard InChI is InChI=1S/C15H23NO9/c1-8(17)24-10(14(22)23-5)7-11(18)16-9(6-12(19)20)13(21)25-15(2,3)4/h9-10H,6-7H2,1-5H3,(H,16,18)(H,19,20)/t9-,10-/m0/s1. The highest BCUT2D eigenvalue weighted by molar-refractivity contribution is 5.90. The Bertz CT molecular complexity index is 536. The maximum Gasteiger partial charge on any atom is 0.347 e. The number of hydrogen-bond acceptors (Lipinski definition) is 8. The van der Waals surface area contributed by atoms with E-state index in [0.717, 1.165) is 14.0 Å². The summed E-state index contributed by atoms with van der Waals surface area (Å²) in [6.07, 6.45) is -2.85. The number of amides is 1. The molecule has 10 nitrogen and oxygen atoms in total. The lowest BCUT2D eigenvalue weighted by molar-refractivity contribution is -0.167. The third-order valence-electron chi connectivity index (χ3n) is 2.55. The molecule has 0 unspecified atom stereocenters. The first-order valence-electron chi connectivity index (χ1n) is 7.34. The lowest BCUT2D eigenvalue weighted by Gasteiger charge is -2.24. The van der Waals surface area contributed by atoms with E-state index in [9.17, 15) is 24.0 Å². The predicted molar refractivity (Wildman–Crippen MR) is 82.2 cm³/mol. The Labute approximate surface area is 144 Å². The fraction of sp³-hybridized carbons (Fsp3) is 0.667. The van der Waals surface area contributed by atoms with Gasteiger partial charge in [-0.05, 0) is 20.8 Å². The Morgan fingerprint density at radius 2 is 1.60 bits per heavy atom. The number of carbonyl (C=O) groups excluding carboxylic acids is 4. The van der Waals surface area contributed by atoms with Gasteiger partial charge in [-0.15, -0.1) is 0 Å². The molecule has 0 aromatic carbocycles. The number of carboxylic acid groups (broad SMARTS) is 1. The van der Waals surface area contributed by atoms with Crippen LogP contribution in [-0.4, -0.2) is 59.7 Å². The quantitative estimate of drug-likeness (QED) is 0.442. The summed E-state index contributed by atoms with van der Waals surface area (Å²) in [5.41, 5.74) is -0.884. The third-order valence-corrected chi connectivity index (χ3v) is 2.55. The van der Waals surface area contributed by atoms with Crippen LogP contribution in [0.3, 0.4) is 0 Å². The van der Waals surface area contributed by atoms with Crippen molar-refractivity contribution in [3.63, 3.8) is 0 Å². The number of hydrogen-bond donors (Lipinski definition) is 2. The third kappa shape index (κ3) is 9.95. The van der Waals surface area contributed by atoms with Crippen molar-refractivity contribution in [2.75, 3.05) is 7.11 Å². The summed E-state index contributed by atoms with van der Waals surface area (Å²) in [5.74, 6) is -4.92. The van der Waals surface area contributed by atoms with Gasteiger partial charge in [0.05, 0.1) is 20.0 Å². The van der Waals surface area contributed by atoms with Crippen LogP contribution in [0.25, 0.3) is 0 Å². The first kappa shape index (κ1) is 22.4. The highest BCUT2D eigenvalue weighted by Crippen LogP contribution is 2.11. The van der Waals surface area contributed by atoms with Gasteiger partial charge >= 0.3 is 23.9 Å². The van der Waals surface area contributed by atoms with Crippen LogP contribution in [0.2, 0.25) is 0 Å². The first-order chi connectivity index (χ1) is 11.4. The number of carbonyl (C=O) groups is 5. The molecule has 0 aliphatic heterocycles. The van der Waals surface area contributed by atoms with Gasteiger partial charge in [0.15, 0.2) is 0 Å². The number of aliphatic carboxylic acids is 1. The minimum absolute atomic E-state index is 0.634. The van der Waals surface area contributed by atoms with Gasteiger partial charge in [0.25, 0.3) is 0 Å². The van der Waals surface area contributed by atoms with Gasteiger partial charge < -0.3 is 24.6 Å². The van der Waals surface area contributed by atoms with E-state index < -0.39 is 60.4 Å². The highest BCUT2D eigenvalue weighted by Gasteiger charge is 2.31. The average Bonchev–Trinajstić information content (AvgIpc) is 2.42. The molecular weight excluding hydrogens is 338 g/mol. The van der Waals surface area contributed by atoms with Crippen LogP contribution in [0.15, 0.2) is 0 Å². The van der Waals surface area contributed by atoms with E-state index in [4.69, 9.17) is 9.84 Å². The molecule has 0 radical (unpaired) electrons. The second-order valence-corrected chi connectivity index (χ2v) is 6.08. The number of rotatable bonds is 8. The molecule has 0 saturated carbocycles. The summed E-state index contributed by atoms with van der Waals surface area (Å²) in [5, 5.41) is 11.0. The molecule has 0 saturated heterocycles. The van der Waals surface area contributed by atoms with Crippen LogP contribution in [0, 0.1) is 0 Å². The van der Waals surface area contributed by atoms with Crippen molar-refractivity contribution >= 4 is 29.8 Å². The fourth-order valence-corrected chi connectivity index (χ4v) is 1.67. The van der Waals surface area contributed by atoms with Crippen LogP contribution < -0.4 is 5.32 Å². The maximum absolute atomic E-state index is 12.0. The number of carboxylic acids is 1. The molecular formula is C15H23NO9. The predicted octanol–water partition coefficient (Wildman–Crippen LogP) is -0.218. The monoisotopic (exact) mass is 361 g/mol. The van der Waals surface area contributed by atoms with Crippen LogP contribution in [0.5, 0.6) is 0 Å². The Balaban J connectivity index is 5.05. The average molecular weight is 361 g/mol. The molecule has 0 aliphatic carbocycles. The van der Waals surface area contributed by atoms with Gasteiger partial charge in [0.1, 0.15) is 11.6 Å². The molecule has 0 rings (SSSR count). The second-order valence-electron chi connectivity index (χ2n) is 6.08. The fourth-order valence-electron chi connectivity index (χ4n) is 1.67. The van der Waals surface area contributed by atoms with Gasteiger partial charge in [0, 0.05) is 6.92 Å². The van der Waals surface area contributed by atoms with E-state index in [1.54, 1.807) is 20.8 Å². The number of ether oxygens (including phenoxy) is 3. The zero-order chi connectivity index (χ0) is 19.8. The molecule has 0 aromatic rings. The van der Waals surface area contributed by atoms with E-state index >= 15 is 0 Å². The Morgan fingerprint density at radius 3 is 2.00 bits per heavy atom. The van der Waals surface area contributed by atoms with Crippen molar-refractivity contribution in [3.8, 4) is 0 Å². The number of methoxy groups -OCH3 is 1. The van der Waals surface area contributed by atoms with Crippen molar-refractivity contribution in [1.82, 2.24) is 5.32 Å². The Hall–Kier alpha value is -2.65. The lowest BCUT2D eigenvalue weighted by atomic mass is 10.1. The SMILES string of the molecule is COC(=O)[C@H](CC(=O)N[C@@H](CC(=O)O)C(=O)OC(C)(C)C)OC(C)=O. The molecule has 10 heteroatoms. The van der Waals surface area contributed by atoms with Crippen LogP contribution in [0.4, 0.5) is 0 Å². The molecule has 25 heavy (non-hydrogen) atoms. The zero-order valence-electron chi connectivity index (χ0n) is 14.8. The van der Waals surface area contributed by atoms with E-state index in [0.29, 0.717) is 0 Å². The van der Waals surface area contributed by atoms with Crippen molar-refractivity contribution in [3.05, 3.63) is 0 Å².